The standard InChI is InChI=1S/C16H24N2O/c1-16(2)9-14(16)11-18-15(19)13(10-17)8-12-6-4-3-5-7-12/h3-7,13-14H,8-11,17H2,1-2H3,(H,18,19). The summed E-state index contributed by atoms with van der Waals surface area (Å²) in [5, 5.41) is 3.05. The normalized spacial score (nSPS) is 21.7. The van der Waals surface area contributed by atoms with Crippen LogP contribution >= 0.6 is 0 Å². The summed E-state index contributed by atoms with van der Waals surface area (Å²) >= 11 is 0. The van der Waals surface area contributed by atoms with Gasteiger partial charge in [0.25, 0.3) is 0 Å². The van der Waals surface area contributed by atoms with E-state index in [0.29, 0.717) is 17.9 Å². The number of nitrogens with one attached hydrogen (secondary N) is 1. The van der Waals surface area contributed by atoms with Gasteiger partial charge in [0, 0.05) is 13.1 Å². The SMILES string of the molecule is CC1(C)CC1CNC(=O)C(CN)Cc1ccccc1. The molecule has 0 bridgehead atoms. The minimum absolute atomic E-state index is 0.0917. The van der Waals surface area contributed by atoms with Gasteiger partial charge < -0.3 is 11.1 Å². The predicted molar refractivity (Wildman–Crippen MR) is 77.6 cm³/mol. The van der Waals surface area contributed by atoms with Crippen LogP contribution in [0.2, 0.25) is 0 Å². The molecule has 104 valence electrons. The van der Waals surface area contributed by atoms with Gasteiger partial charge in [-0.3, -0.25) is 4.79 Å². The lowest BCUT2D eigenvalue weighted by Gasteiger charge is -2.15. The highest BCUT2D eigenvalue weighted by molar-refractivity contribution is 5.79. The Labute approximate surface area is 115 Å². The molecule has 0 radical (unpaired) electrons. The van der Waals surface area contributed by atoms with Crippen LogP contribution in [0.15, 0.2) is 30.3 Å². The number of benzene rings is 1. The quantitative estimate of drug-likeness (QED) is 0.821. The van der Waals surface area contributed by atoms with Gasteiger partial charge in [-0.2, -0.15) is 0 Å². The molecule has 2 unspecified atom stereocenters. The van der Waals surface area contributed by atoms with Crippen LogP contribution in [-0.2, 0) is 11.2 Å². The number of amides is 1. The monoisotopic (exact) mass is 260 g/mol. The van der Waals surface area contributed by atoms with Gasteiger partial charge in [-0.25, -0.2) is 0 Å². The van der Waals surface area contributed by atoms with Crippen LogP contribution in [0.25, 0.3) is 0 Å². The molecule has 1 amide bonds. The summed E-state index contributed by atoms with van der Waals surface area (Å²) in [7, 11) is 0. The fourth-order valence-electron chi connectivity index (χ4n) is 2.47. The molecule has 19 heavy (non-hydrogen) atoms. The van der Waals surface area contributed by atoms with Crippen molar-refractivity contribution in [3.63, 3.8) is 0 Å². The summed E-state index contributed by atoms with van der Waals surface area (Å²) in [6.07, 6.45) is 1.93. The number of carbonyl (C=O) groups excluding carboxylic acids is 1. The topological polar surface area (TPSA) is 55.1 Å². The number of hydrogen-bond acceptors (Lipinski definition) is 2. The first-order chi connectivity index (χ1) is 9.03. The van der Waals surface area contributed by atoms with Crippen molar-refractivity contribution in [1.29, 1.82) is 0 Å². The minimum Gasteiger partial charge on any atom is -0.356 e. The maximum atomic E-state index is 12.1. The van der Waals surface area contributed by atoms with Gasteiger partial charge in [0.2, 0.25) is 5.91 Å². The van der Waals surface area contributed by atoms with Crippen LogP contribution in [0.4, 0.5) is 0 Å². The first-order valence-corrected chi connectivity index (χ1v) is 7.04. The van der Waals surface area contributed by atoms with Crippen molar-refractivity contribution in [3.05, 3.63) is 35.9 Å². The Morgan fingerprint density at radius 1 is 1.42 bits per heavy atom. The lowest BCUT2D eigenvalue weighted by Crippen LogP contribution is -2.37. The Hall–Kier alpha value is -1.35. The Morgan fingerprint density at radius 2 is 2.05 bits per heavy atom. The van der Waals surface area contributed by atoms with Crippen molar-refractivity contribution in [3.8, 4) is 0 Å². The Balaban J connectivity index is 1.82. The molecule has 3 nitrogen and oxygen atoms in total. The van der Waals surface area contributed by atoms with Crippen molar-refractivity contribution < 1.29 is 4.79 Å². The minimum atomic E-state index is -0.121. The van der Waals surface area contributed by atoms with E-state index < -0.39 is 0 Å². The fourth-order valence-corrected chi connectivity index (χ4v) is 2.47. The second-order valence-corrected chi connectivity index (χ2v) is 6.26. The van der Waals surface area contributed by atoms with Gasteiger partial charge in [0.1, 0.15) is 0 Å². The zero-order valence-corrected chi connectivity index (χ0v) is 11.9. The summed E-state index contributed by atoms with van der Waals surface area (Å²) in [4.78, 5) is 12.1. The molecule has 1 aromatic carbocycles. The first kappa shape index (κ1) is 14.1. The van der Waals surface area contributed by atoms with Crippen molar-refractivity contribution in [2.24, 2.45) is 23.0 Å². The maximum absolute atomic E-state index is 12.1. The van der Waals surface area contributed by atoms with Crippen LogP contribution in [0.1, 0.15) is 25.8 Å². The fraction of sp³-hybridized carbons (Fsp3) is 0.562. The lowest BCUT2D eigenvalue weighted by molar-refractivity contribution is -0.124. The summed E-state index contributed by atoms with van der Waals surface area (Å²) in [5.74, 6) is 0.602. The molecule has 2 atom stereocenters. The number of rotatable bonds is 6. The highest BCUT2D eigenvalue weighted by Gasteiger charge is 2.45. The molecule has 0 aliphatic heterocycles. The van der Waals surface area contributed by atoms with E-state index in [0.717, 1.165) is 13.0 Å². The third-order valence-corrected chi connectivity index (χ3v) is 4.22. The molecule has 2 rings (SSSR count). The molecule has 3 N–H and O–H groups in total. The van der Waals surface area contributed by atoms with Crippen LogP contribution in [0.5, 0.6) is 0 Å². The predicted octanol–water partition coefficient (Wildman–Crippen LogP) is 1.97. The molecule has 0 aromatic heterocycles. The van der Waals surface area contributed by atoms with Crippen LogP contribution in [-0.4, -0.2) is 19.0 Å². The van der Waals surface area contributed by atoms with Gasteiger partial charge in [-0.05, 0) is 29.7 Å². The molecule has 1 aliphatic carbocycles. The van der Waals surface area contributed by atoms with Crippen molar-refractivity contribution in [2.75, 3.05) is 13.1 Å². The van der Waals surface area contributed by atoms with E-state index in [2.05, 4.69) is 19.2 Å². The second kappa shape index (κ2) is 5.74. The molecular formula is C16H24N2O. The van der Waals surface area contributed by atoms with Gasteiger partial charge in [0.15, 0.2) is 0 Å². The summed E-state index contributed by atoms with van der Waals surface area (Å²) < 4.78 is 0. The highest BCUT2D eigenvalue weighted by Crippen LogP contribution is 2.50. The second-order valence-electron chi connectivity index (χ2n) is 6.26. The molecule has 0 heterocycles. The number of nitrogens with two attached hydrogens (primary N) is 1. The molecular weight excluding hydrogens is 236 g/mol. The number of carbonyl (C=O) groups is 1. The Bertz CT molecular complexity index is 428. The van der Waals surface area contributed by atoms with E-state index in [-0.39, 0.29) is 11.8 Å². The van der Waals surface area contributed by atoms with Gasteiger partial charge in [0.05, 0.1) is 5.92 Å². The molecule has 3 heteroatoms. The molecule has 1 aliphatic rings. The molecule has 0 spiro atoms. The third kappa shape index (κ3) is 3.80. The summed E-state index contributed by atoms with van der Waals surface area (Å²) in [5.41, 5.74) is 7.31. The maximum Gasteiger partial charge on any atom is 0.224 e. The van der Waals surface area contributed by atoms with Gasteiger partial charge in [-0.15, -0.1) is 0 Å². The lowest BCUT2D eigenvalue weighted by atomic mass is 9.98. The van der Waals surface area contributed by atoms with E-state index >= 15 is 0 Å². The first-order valence-electron chi connectivity index (χ1n) is 7.04. The molecule has 0 saturated heterocycles. The zero-order valence-electron chi connectivity index (χ0n) is 11.9. The largest absolute Gasteiger partial charge is 0.356 e. The molecule has 1 fully saturated rings. The molecule has 1 aromatic rings. The van der Waals surface area contributed by atoms with Crippen molar-refractivity contribution in [2.45, 2.75) is 26.7 Å². The van der Waals surface area contributed by atoms with E-state index in [9.17, 15) is 4.79 Å². The summed E-state index contributed by atoms with van der Waals surface area (Å²) in [6.45, 7) is 5.67. The van der Waals surface area contributed by atoms with E-state index in [4.69, 9.17) is 5.73 Å². The molecule has 1 saturated carbocycles. The average Bonchev–Trinajstić information content (AvgIpc) is 3.02. The number of hydrogen-bond donors (Lipinski definition) is 2. The van der Waals surface area contributed by atoms with E-state index in [1.54, 1.807) is 0 Å². The zero-order chi connectivity index (χ0) is 13.9. The Morgan fingerprint density at radius 3 is 2.58 bits per heavy atom. The van der Waals surface area contributed by atoms with Crippen LogP contribution in [0.3, 0.4) is 0 Å². The van der Waals surface area contributed by atoms with Crippen LogP contribution < -0.4 is 11.1 Å². The highest BCUT2D eigenvalue weighted by atomic mass is 16.1. The Kier molecular flexibility index (Phi) is 4.25. The van der Waals surface area contributed by atoms with Gasteiger partial charge >= 0.3 is 0 Å². The van der Waals surface area contributed by atoms with Crippen LogP contribution in [0, 0.1) is 17.3 Å². The van der Waals surface area contributed by atoms with Gasteiger partial charge in [-0.1, -0.05) is 44.2 Å². The van der Waals surface area contributed by atoms with E-state index in [1.807, 2.05) is 30.3 Å². The smallest absolute Gasteiger partial charge is 0.224 e. The van der Waals surface area contributed by atoms with Crippen molar-refractivity contribution >= 4 is 5.91 Å². The third-order valence-electron chi connectivity index (χ3n) is 4.22. The average molecular weight is 260 g/mol. The van der Waals surface area contributed by atoms with Crippen molar-refractivity contribution in [1.82, 2.24) is 5.32 Å². The summed E-state index contributed by atoms with van der Waals surface area (Å²) in [6, 6.07) is 10.1. The van der Waals surface area contributed by atoms with E-state index in [1.165, 1.54) is 12.0 Å².